The Hall–Kier alpha value is -0.870. The van der Waals surface area contributed by atoms with Crippen molar-refractivity contribution in [3.8, 4) is 0 Å². The van der Waals surface area contributed by atoms with Crippen molar-refractivity contribution in [2.24, 2.45) is 0 Å². The monoisotopic (exact) mass is 239 g/mol. The fraction of sp³-hybridized carbons (Fsp3) is 0.769. The number of aryl methyl sites for hydroxylation is 2. The number of ether oxygens (including phenoxy) is 1. The molecular weight excluding hydrogens is 214 g/mol. The smallest absolute Gasteiger partial charge is 0.0597 e. The quantitative estimate of drug-likeness (QED) is 0.671. The van der Waals surface area contributed by atoms with E-state index in [-0.39, 0.29) is 0 Å². The first-order chi connectivity index (χ1) is 8.27. The molecule has 0 aromatic carbocycles. The van der Waals surface area contributed by atoms with Crippen LogP contribution in [0, 0.1) is 6.92 Å². The first-order valence-corrected chi connectivity index (χ1v) is 6.51. The second kappa shape index (κ2) is 8.25. The summed E-state index contributed by atoms with van der Waals surface area (Å²) in [5.41, 5.74) is 2.38. The van der Waals surface area contributed by atoms with Crippen LogP contribution in [0.2, 0.25) is 0 Å². The molecule has 4 heteroatoms. The minimum Gasteiger partial charge on any atom is -0.385 e. The molecule has 1 heterocycles. The SMILES string of the molecule is CCn1nc(C)cc1CNCCCCCOC. The first kappa shape index (κ1) is 14.2. The van der Waals surface area contributed by atoms with E-state index >= 15 is 0 Å². The van der Waals surface area contributed by atoms with E-state index in [2.05, 4.69) is 28.1 Å². The summed E-state index contributed by atoms with van der Waals surface area (Å²) in [7, 11) is 1.76. The molecule has 1 aromatic rings. The predicted octanol–water partition coefficient (Wildman–Crippen LogP) is 2.12. The lowest BCUT2D eigenvalue weighted by Gasteiger charge is -2.06. The Balaban J connectivity index is 2.13. The molecule has 0 unspecified atom stereocenters. The van der Waals surface area contributed by atoms with E-state index in [0.29, 0.717) is 0 Å². The van der Waals surface area contributed by atoms with Gasteiger partial charge in [-0.05, 0) is 45.7 Å². The van der Waals surface area contributed by atoms with Crippen LogP contribution in [-0.4, -0.2) is 30.0 Å². The Kier molecular flexibility index (Phi) is 6.89. The molecule has 0 aliphatic heterocycles. The average molecular weight is 239 g/mol. The fourth-order valence-corrected chi connectivity index (χ4v) is 1.90. The van der Waals surface area contributed by atoms with E-state index in [1.54, 1.807) is 7.11 Å². The lowest BCUT2D eigenvalue weighted by molar-refractivity contribution is 0.192. The standard InChI is InChI=1S/C13H25N3O/c1-4-16-13(10-12(2)15-16)11-14-8-6-5-7-9-17-3/h10,14H,4-9,11H2,1-3H3. The van der Waals surface area contributed by atoms with Gasteiger partial charge in [0.15, 0.2) is 0 Å². The zero-order valence-corrected chi connectivity index (χ0v) is 11.3. The number of nitrogens with zero attached hydrogens (tertiary/aromatic N) is 2. The van der Waals surface area contributed by atoms with Gasteiger partial charge in [0, 0.05) is 26.8 Å². The fourth-order valence-electron chi connectivity index (χ4n) is 1.90. The topological polar surface area (TPSA) is 39.1 Å². The van der Waals surface area contributed by atoms with Gasteiger partial charge in [-0.3, -0.25) is 4.68 Å². The molecule has 0 fully saturated rings. The first-order valence-electron chi connectivity index (χ1n) is 6.51. The molecule has 17 heavy (non-hydrogen) atoms. The van der Waals surface area contributed by atoms with Gasteiger partial charge in [0.1, 0.15) is 0 Å². The van der Waals surface area contributed by atoms with Crippen LogP contribution in [0.1, 0.15) is 37.6 Å². The second-order valence-electron chi connectivity index (χ2n) is 4.32. The van der Waals surface area contributed by atoms with Gasteiger partial charge in [-0.1, -0.05) is 0 Å². The highest BCUT2D eigenvalue weighted by Crippen LogP contribution is 2.03. The number of aromatic nitrogens is 2. The summed E-state index contributed by atoms with van der Waals surface area (Å²) in [6.45, 7) is 7.97. The van der Waals surface area contributed by atoms with Crippen molar-refractivity contribution in [3.05, 3.63) is 17.5 Å². The number of methoxy groups -OCH3 is 1. The number of rotatable bonds is 9. The van der Waals surface area contributed by atoms with E-state index in [0.717, 1.165) is 38.4 Å². The maximum absolute atomic E-state index is 5.02. The van der Waals surface area contributed by atoms with Gasteiger partial charge in [0.05, 0.1) is 11.4 Å². The Morgan fingerprint density at radius 2 is 2.18 bits per heavy atom. The van der Waals surface area contributed by atoms with Crippen molar-refractivity contribution < 1.29 is 4.74 Å². The second-order valence-corrected chi connectivity index (χ2v) is 4.32. The third-order valence-electron chi connectivity index (χ3n) is 2.79. The molecule has 0 aliphatic rings. The molecule has 98 valence electrons. The number of nitrogens with one attached hydrogen (secondary N) is 1. The summed E-state index contributed by atoms with van der Waals surface area (Å²) < 4.78 is 7.08. The Labute approximate surface area is 104 Å². The molecule has 0 aliphatic carbocycles. The summed E-state index contributed by atoms with van der Waals surface area (Å²) >= 11 is 0. The summed E-state index contributed by atoms with van der Waals surface area (Å²) in [5, 5.41) is 7.89. The van der Waals surface area contributed by atoms with Gasteiger partial charge in [-0.2, -0.15) is 5.10 Å². The van der Waals surface area contributed by atoms with Crippen molar-refractivity contribution in [1.29, 1.82) is 0 Å². The molecule has 0 spiro atoms. The lowest BCUT2D eigenvalue weighted by atomic mass is 10.2. The molecule has 0 amide bonds. The maximum Gasteiger partial charge on any atom is 0.0597 e. The van der Waals surface area contributed by atoms with Crippen molar-refractivity contribution in [2.45, 2.75) is 46.2 Å². The lowest BCUT2D eigenvalue weighted by Crippen LogP contribution is -2.17. The van der Waals surface area contributed by atoms with Crippen LogP contribution >= 0.6 is 0 Å². The Bertz CT molecular complexity index is 310. The molecule has 1 aromatic heterocycles. The third kappa shape index (κ3) is 5.33. The van der Waals surface area contributed by atoms with Gasteiger partial charge in [-0.25, -0.2) is 0 Å². The molecule has 0 saturated heterocycles. The molecule has 0 radical (unpaired) electrons. The predicted molar refractivity (Wildman–Crippen MR) is 70.1 cm³/mol. The average Bonchev–Trinajstić information content (AvgIpc) is 2.68. The molecule has 1 rings (SSSR count). The Morgan fingerprint density at radius 3 is 2.88 bits per heavy atom. The Morgan fingerprint density at radius 1 is 1.35 bits per heavy atom. The molecule has 4 nitrogen and oxygen atoms in total. The van der Waals surface area contributed by atoms with Gasteiger partial charge < -0.3 is 10.1 Å². The molecule has 0 saturated carbocycles. The largest absolute Gasteiger partial charge is 0.385 e. The van der Waals surface area contributed by atoms with E-state index < -0.39 is 0 Å². The normalized spacial score (nSPS) is 11.0. The molecule has 1 N–H and O–H groups in total. The van der Waals surface area contributed by atoms with Crippen LogP contribution in [0.25, 0.3) is 0 Å². The highest BCUT2D eigenvalue weighted by molar-refractivity contribution is 5.08. The van der Waals surface area contributed by atoms with Crippen molar-refractivity contribution in [3.63, 3.8) is 0 Å². The van der Waals surface area contributed by atoms with Crippen LogP contribution in [-0.2, 0) is 17.8 Å². The minimum absolute atomic E-state index is 0.877. The van der Waals surface area contributed by atoms with E-state index in [1.807, 2.05) is 6.92 Å². The third-order valence-corrected chi connectivity index (χ3v) is 2.79. The zero-order chi connectivity index (χ0) is 12.5. The summed E-state index contributed by atoms with van der Waals surface area (Å²) in [6, 6.07) is 2.15. The molecular formula is C13H25N3O. The van der Waals surface area contributed by atoms with Crippen LogP contribution in [0.15, 0.2) is 6.07 Å². The highest BCUT2D eigenvalue weighted by Gasteiger charge is 2.02. The molecule has 0 bridgehead atoms. The summed E-state index contributed by atoms with van der Waals surface area (Å²) in [6.07, 6.45) is 3.60. The van der Waals surface area contributed by atoms with Gasteiger partial charge in [0.25, 0.3) is 0 Å². The maximum atomic E-state index is 5.02. The van der Waals surface area contributed by atoms with Crippen LogP contribution in [0.5, 0.6) is 0 Å². The van der Waals surface area contributed by atoms with Gasteiger partial charge in [0.2, 0.25) is 0 Å². The highest BCUT2D eigenvalue weighted by atomic mass is 16.5. The van der Waals surface area contributed by atoms with Gasteiger partial charge in [-0.15, -0.1) is 0 Å². The molecule has 0 atom stereocenters. The van der Waals surface area contributed by atoms with E-state index in [1.165, 1.54) is 18.5 Å². The van der Waals surface area contributed by atoms with E-state index in [9.17, 15) is 0 Å². The minimum atomic E-state index is 0.877. The van der Waals surface area contributed by atoms with Crippen LogP contribution in [0.3, 0.4) is 0 Å². The number of hydrogen-bond acceptors (Lipinski definition) is 3. The zero-order valence-electron chi connectivity index (χ0n) is 11.3. The van der Waals surface area contributed by atoms with Gasteiger partial charge >= 0.3 is 0 Å². The summed E-state index contributed by atoms with van der Waals surface area (Å²) in [5.74, 6) is 0. The number of unbranched alkanes of at least 4 members (excludes halogenated alkanes) is 2. The van der Waals surface area contributed by atoms with Crippen molar-refractivity contribution >= 4 is 0 Å². The van der Waals surface area contributed by atoms with Crippen LogP contribution < -0.4 is 5.32 Å². The summed E-state index contributed by atoms with van der Waals surface area (Å²) in [4.78, 5) is 0. The van der Waals surface area contributed by atoms with Crippen molar-refractivity contribution in [1.82, 2.24) is 15.1 Å². The van der Waals surface area contributed by atoms with Crippen LogP contribution in [0.4, 0.5) is 0 Å². The number of hydrogen-bond donors (Lipinski definition) is 1. The van der Waals surface area contributed by atoms with E-state index in [4.69, 9.17) is 4.74 Å². The van der Waals surface area contributed by atoms with Crippen molar-refractivity contribution in [2.75, 3.05) is 20.3 Å².